The van der Waals surface area contributed by atoms with E-state index < -0.39 is 0 Å². The van der Waals surface area contributed by atoms with Gasteiger partial charge in [-0.1, -0.05) is 24.1 Å². The Balaban J connectivity index is 2.65. The van der Waals surface area contributed by atoms with Gasteiger partial charge in [-0.2, -0.15) is 0 Å². The molecule has 1 rings (SSSR count). The lowest BCUT2D eigenvalue weighted by atomic mass is 9.94. The minimum Gasteiger partial charge on any atom is -0.299 e. The molecule has 1 nitrogen and oxygen atoms in total. The molecule has 0 saturated heterocycles. The Kier molecular flexibility index (Phi) is 2.88. The summed E-state index contributed by atoms with van der Waals surface area (Å²) in [5.41, 5.74) is 1.02. The molecule has 1 aliphatic carbocycles. The van der Waals surface area contributed by atoms with Crippen LogP contribution in [0.1, 0.15) is 20.3 Å². The lowest BCUT2D eigenvalue weighted by Crippen LogP contribution is -2.08. The summed E-state index contributed by atoms with van der Waals surface area (Å²) in [6.07, 6.45) is 6.67. The highest BCUT2D eigenvalue weighted by atomic mass is 16.1. The molecule has 1 heteroatoms. The summed E-state index contributed by atoms with van der Waals surface area (Å²) in [6, 6.07) is 0. The molecule has 0 amide bonds. The third-order valence-electron chi connectivity index (χ3n) is 1.89. The Hall–Kier alpha value is -1.29. The van der Waals surface area contributed by atoms with Crippen LogP contribution in [0.25, 0.3) is 0 Å². The number of carbonyl (C=O) groups excluding carboxylic acids is 1. The molecule has 0 aromatic rings. The number of ketones is 1. The largest absolute Gasteiger partial charge is 0.299 e. The molecule has 0 radical (unpaired) electrons. The van der Waals surface area contributed by atoms with Gasteiger partial charge in [0.2, 0.25) is 0 Å². The fourth-order valence-corrected chi connectivity index (χ4v) is 1.16. The van der Waals surface area contributed by atoms with Crippen molar-refractivity contribution in [2.75, 3.05) is 0 Å². The smallest absolute Gasteiger partial charge is 0.136 e. The van der Waals surface area contributed by atoms with Gasteiger partial charge in [0.05, 0.1) is 0 Å². The Bertz CT molecular complexity index is 297. The summed E-state index contributed by atoms with van der Waals surface area (Å²) < 4.78 is 0. The molecule has 1 aliphatic rings. The summed E-state index contributed by atoms with van der Waals surface area (Å²) in [5, 5.41) is 0. The van der Waals surface area contributed by atoms with E-state index in [-0.39, 0.29) is 11.7 Å². The van der Waals surface area contributed by atoms with Crippen molar-refractivity contribution in [3.63, 3.8) is 0 Å². The highest BCUT2D eigenvalue weighted by molar-refractivity contribution is 5.80. The van der Waals surface area contributed by atoms with Crippen LogP contribution in [0.2, 0.25) is 0 Å². The van der Waals surface area contributed by atoms with Gasteiger partial charge < -0.3 is 0 Å². The second-order valence-electron chi connectivity index (χ2n) is 2.85. The Labute approximate surface area is 73.2 Å². The monoisotopic (exact) mass is 160 g/mol. The van der Waals surface area contributed by atoms with Crippen LogP contribution < -0.4 is 0 Å². The van der Waals surface area contributed by atoms with Crippen molar-refractivity contribution >= 4 is 5.78 Å². The van der Waals surface area contributed by atoms with Crippen LogP contribution in [0, 0.1) is 17.8 Å². The molecule has 0 aromatic heterocycles. The average molecular weight is 160 g/mol. The number of hydrogen-bond donors (Lipinski definition) is 0. The normalized spacial score (nSPS) is 20.8. The number of hydrogen-bond acceptors (Lipinski definition) is 1. The van der Waals surface area contributed by atoms with Crippen LogP contribution in [0.3, 0.4) is 0 Å². The van der Waals surface area contributed by atoms with E-state index in [9.17, 15) is 4.79 Å². The van der Waals surface area contributed by atoms with Crippen LogP contribution in [-0.4, -0.2) is 5.78 Å². The number of allylic oxidation sites excluding steroid dienone is 4. The molecule has 0 N–H and O–H groups in total. The van der Waals surface area contributed by atoms with Crippen LogP contribution in [-0.2, 0) is 4.79 Å². The highest BCUT2D eigenvalue weighted by Gasteiger charge is 2.11. The zero-order valence-electron chi connectivity index (χ0n) is 7.42. The zero-order chi connectivity index (χ0) is 8.97. The van der Waals surface area contributed by atoms with Gasteiger partial charge in [0.1, 0.15) is 5.78 Å². The van der Waals surface area contributed by atoms with Crippen molar-refractivity contribution < 1.29 is 4.79 Å². The quantitative estimate of drug-likeness (QED) is 0.537. The van der Waals surface area contributed by atoms with Crippen LogP contribution >= 0.6 is 0 Å². The Morgan fingerprint density at radius 3 is 2.83 bits per heavy atom. The fourth-order valence-electron chi connectivity index (χ4n) is 1.16. The van der Waals surface area contributed by atoms with E-state index in [1.165, 1.54) is 0 Å². The first-order valence-corrected chi connectivity index (χ1v) is 4.05. The third-order valence-corrected chi connectivity index (χ3v) is 1.89. The molecule has 0 aromatic carbocycles. The zero-order valence-corrected chi connectivity index (χ0v) is 7.42. The van der Waals surface area contributed by atoms with Crippen molar-refractivity contribution in [1.82, 2.24) is 0 Å². The number of rotatable bonds is 1. The second-order valence-corrected chi connectivity index (χ2v) is 2.85. The van der Waals surface area contributed by atoms with Crippen LogP contribution in [0.4, 0.5) is 0 Å². The summed E-state index contributed by atoms with van der Waals surface area (Å²) >= 11 is 0. The van der Waals surface area contributed by atoms with Crippen molar-refractivity contribution in [1.29, 1.82) is 0 Å². The van der Waals surface area contributed by atoms with Gasteiger partial charge in [0, 0.05) is 11.5 Å². The van der Waals surface area contributed by atoms with Gasteiger partial charge in [-0.25, -0.2) is 0 Å². The lowest BCUT2D eigenvalue weighted by molar-refractivity contribution is -0.119. The second kappa shape index (κ2) is 3.92. The standard InChI is InChI=1S/C11H12O/c1-3-4-10-5-7-11(8-6-10)9(2)12/h5-7,11H,8H2,1-2H3. The van der Waals surface area contributed by atoms with Gasteiger partial charge in [-0.05, 0) is 20.3 Å². The van der Waals surface area contributed by atoms with Crippen molar-refractivity contribution in [3.05, 3.63) is 23.8 Å². The van der Waals surface area contributed by atoms with Gasteiger partial charge in [-0.3, -0.25) is 4.79 Å². The molecule has 0 bridgehead atoms. The van der Waals surface area contributed by atoms with Gasteiger partial charge in [0.25, 0.3) is 0 Å². The van der Waals surface area contributed by atoms with Crippen molar-refractivity contribution in [3.8, 4) is 11.8 Å². The maximum Gasteiger partial charge on any atom is 0.136 e. The Morgan fingerprint density at radius 2 is 2.42 bits per heavy atom. The van der Waals surface area contributed by atoms with E-state index >= 15 is 0 Å². The first-order chi connectivity index (χ1) is 5.74. The molecule has 0 heterocycles. The average Bonchev–Trinajstić information content (AvgIpc) is 2.06. The van der Waals surface area contributed by atoms with E-state index in [0.717, 1.165) is 12.0 Å². The molecule has 1 atom stereocenters. The molecule has 0 saturated carbocycles. The predicted octanol–water partition coefficient (Wildman–Crippen LogP) is 2.10. The molecule has 0 spiro atoms. The molecule has 62 valence electrons. The first kappa shape index (κ1) is 8.80. The van der Waals surface area contributed by atoms with E-state index in [1.807, 2.05) is 25.2 Å². The Morgan fingerprint density at radius 1 is 1.67 bits per heavy atom. The van der Waals surface area contributed by atoms with E-state index in [4.69, 9.17) is 0 Å². The maximum atomic E-state index is 10.9. The molecule has 1 unspecified atom stereocenters. The summed E-state index contributed by atoms with van der Waals surface area (Å²) in [4.78, 5) is 10.9. The molecular weight excluding hydrogens is 148 g/mol. The SMILES string of the molecule is CC#CC1=CCC(C(C)=O)C=C1. The molecular formula is C11H12O. The predicted molar refractivity (Wildman–Crippen MR) is 49.5 cm³/mol. The van der Waals surface area contributed by atoms with E-state index in [1.54, 1.807) is 6.92 Å². The summed E-state index contributed by atoms with van der Waals surface area (Å²) in [7, 11) is 0. The summed E-state index contributed by atoms with van der Waals surface area (Å²) in [6.45, 7) is 3.44. The fraction of sp³-hybridized carbons (Fsp3) is 0.364. The maximum absolute atomic E-state index is 10.9. The molecule has 0 fully saturated rings. The van der Waals surface area contributed by atoms with E-state index in [2.05, 4.69) is 11.8 Å². The van der Waals surface area contributed by atoms with Crippen LogP contribution in [0.15, 0.2) is 23.8 Å². The highest BCUT2D eigenvalue weighted by Crippen LogP contribution is 2.16. The van der Waals surface area contributed by atoms with Crippen LogP contribution in [0.5, 0.6) is 0 Å². The first-order valence-electron chi connectivity index (χ1n) is 4.05. The number of carbonyl (C=O) groups is 1. The van der Waals surface area contributed by atoms with Gasteiger partial charge >= 0.3 is 0 Å². The van der Waals surface area contributed by atoms with Gasteiger partial charge in [0.15, 0.2) is 0 Å². The van der Waals surface area contributed by atoms with E-state index in [0.29, 0.717) is 0 Å². The summed E-state index contributed by atoms with van der Waals surface area (Å²) in [5.74, 6) is 6.09. The molecule has 12 heavy (non-hydrogen) atoms. The van der Waals surface area contributed by atoms with Crippen molar-refractivity contribution in [2.24, 2.45) is 5.92 Å². The third kappa shape index (κ3) is 2.10. The lowest BCUT2D eigenvalue weighted by Gasteiger charge is -2.09. The molecule has 0 aliphatic heterocycles. The topological polar surface area (TPSA) is 17.1 Å². The minimum atomic E-state index is 0.0763. The number of Topliss-reactive ketones (excluding diaryl/α,β-unsaturated/α-hetero) is 1. The van der Waals surface area contributed by atoms with Gasteiger partial charge in [-0.15, -0.1) is 5.92 Å². The van der Waals surface area contributed by atoms with Crippen molar-refractivity contribution in [2.45, 2.75) is 20.3 Å². The minimum absolute atomic E-state index is 0.0763.